The van der Waals surface area contributed by atoms with Gasteiger partial charge in [0.25, 0.3) is 0 Å². The molecule has 142 valence electrons. The molecular weight excluding hydrogens is 359 g/mol. The average Bonchev–Trinajstić information content (AvgIpc) is 3.17. The van der Waals surface area contributed by atoms with Gasteiger partial charge in [-0.25, -0.2) is 0 Å². The molecule has 1 heterocycles. The molecule has 0 aliphatic heterocycles. The second-order valence-corrected chi connectivity index (χ2v) is 8.37. The Morgan fingerprint density at radius 2 is 1.56 bits per heavy atom. The smallest absolute Gasteiger partial charge is 0.308 e. The van der Waals surface area contributed by atoms with Crippen LogP contribution in [0.4, 0.5) is 0 Å². The van der Waals surface area contributed by atoms with E-state index in [1.54, 1.807) is 0 Å². The van der Waals surface area contributed by atoms with Crippen LogP contribution in [-0.4, -0.2) is 23.4 Å². The quantitative estimate of drug-likeness (QED) is 0.486. The fourth-order valence-corrected chi connectivity index (χ4v) is 5.21. The molecule has 0 saturated carbocycles. The summed E-state index contributed by atoms with van der Waals surface area (Å²) in [5.41, 5.74) is 3.32. The normalized spacial score (nSPS) is 12.8. The average molecular weight is 384 g/mol. The minimum atomic E-state index is -3.33. The standard InChI is InChI=1S/C21H25N2O3P/c1-3-25-27(24,26-4-2)21(18-13-9-6-10-14-18)16-19-15-20(23-22-19)17-11-7-5-8-12-17/h5-15,21H,3-4,16H2,1-2H3,(H,22,23). The number of hydrogen-bond acceptors (Lipinski definition) is 4. The largest absolute Gasteiger partial charge is 0.338 e. The van der Waals surface area contributed by atoms with E-state index in [9.17, 15) is 4.57 Å². The van der Waals surface area contributed by atoms with Crippen LogP contribution in [0.2, 0.25) is 0 Å². The van der Waals surface area contributed by atoms with Gasteiger partial charge >= 0.3 is 7.60 Å². The van der Waals surface area contributed by atoms with Crippen molar-refractivity contribution < 1.29 is 13.6 Å². The van der Waals surface area contributed by atoms with Crippen LogP contribution in [0.25, 0.3) is 11.3 Å². The lowest BCUT2D eigenvalue weighted by Crippen LogP contribution is -2.10. The summed E-state index contributed by atoms with van der Waals surface area (Å²) in [4.78, 5) is 0. The molecule has 1 aromatic heterocycles. The molecule has 1 atom stereocenters. The summed E-state index contributed by atoms with van der Waals surface area (Å²) in [6.45, 7) is 4.33. The summed E-state index contributed by atoms with van der Waals surface area (Å²) < 4.78 is 24.8. The van der Waals surface area contributed by atoms with E-state index in [4.69, 9.17) is 9.05 Å². The third-order valence-electron chi connectivity index (χ3n) is 4.30. The minimum Gasteiger partial charge on any atom is -0.308 e. The summed E-state index contributed by atoms with van der Waals surface area (Å²) in [5, 5.41) is 7.49. The van der Waals surface area contributed by atoms with Crippen molar-refractivity contribution in [3.05, 3.63) is 78.0 Å². The lowest BCUT2D eigenvalue weighted by molar-refractivity contribution is 0.211. The highest BCUT2D eigenvalue weighted by atomic mass is 31.2. The predicted octanol–water partition coefficient (Wildman–Crippen LogP) is 5.63. The summed E-state index contributed by atoms with van der Waals surface area (Å²) in [5.74, 6) is 0. The Hall–Kier alpha value is -2.20. The topological polar surface area (TPSA) is 64.2 Å². The Balaban J connectivity index is 1.92. The molecule has 0 radical (unpaired) electrons. The lowest BCUT2D eigenvalue weighted by Gasteiger charge is -2.26. The number of H-pyrrole nitrogens is 1. The third-order valence-corrected chi connectivity index (χ3v) is 6.78. The van der Waals surface area contributed by atoms with E-state index in [2.05, 4.69) is 10.2 Å². The maximum atomic E-state index is 13.5. The summed E-state index contributed by atoms with van der Waals surface area (Å²) in [6, 6.07) is 21.7. The minimum absolute atomic E-state index is 0.332. The molecule has 3 rings (SSSR count). The van der Waals surface area contributed by atoms with E-state index in [-0.39, 0.29) is 0 Å². The molecule has 6 heteroatoms. The number of aromatic nitrogens is 2. The van der Waals surface area contributed by atoms with Crippen LogP contribution in [0.15, 0.2) is 66.7 Å². The molecule has 1 N–H and O–H groups in total. The second-order valence-electron chi connectivity index (χ2n) is 6.15. The van der Waals surface area contributed by atoms with Crippen molar-refractivity contribution in [2.45, 2.75) is 25.9 Å². The lowest BCUT2D eigenvalue weighted by atomic mass is 10.1. The summed E-state index contributed by atoms with van der Waals surface area (Å²) in [6.07, 6.45) is 0.487. The molecule has 27 heavy (non-hydrogen) atoms. The van der Waals surface area contributed by atoms with Crippen LogP contribution in [-0.2, 0) is 20.0 Å². The monoisotopic (exact) mass is 384 g/mol. The highest BCUT2D eigenvalue weighted by Gasteiger charge is 2.37. The second kappa shape index (κ2) is 9.14. The van der Waals surface area contributed by atoms with Crippen molar-refractivity contribution in [1.82, 2.24) is 10.2 Å². The number of benzene rings is 2. The Bertz CT molecular complexity index is 871. The molecule has 0 fully saturated rings. The fraction of sp³-hybridized carbons (Fsp3) is 0.286. The first-order valence-electron chi connectivity index (χ1n) is 9.19. The van der Waals surface area contributed by atoms with E-state index in [0.717, 1.165) is 22.5 Å². The van der Waals surface area contributed by atoms with E-state index in [1.807, 2.05) is 80.6 Å². The van der Waals surface area contributed by atoms with Gasteiger partial charge in [-0.05, 0) is 25.5 Å². The van der Waals surface area contributed by atoms with E-state index < -0.39 is 13.3 Å². The Kier molecular flexibility index (Phi) is 6.62. The number of aromatic amines is 1. The van der Waals surface area contributed by atoms with E-state index in [1.165, 1.54) is 0 Å². The highest BCUT2D eigenvalue weighted by Crippen LogP contribution is 2.62. The first-order chi connectivity index (χ1) is 13.2. The van der Waals surface area contributed by atoms with Crippen LogP contribution in [0.3, 0.4) is 0 Å². The molecule has 0 aliphatic rings. The maximum Gasteiger partial charge on any atom is 0.338 e. The van der Waals surface area contributed by atoms with Gasteiger partial charge in [0.1, 0.15) is 0 Å². The van der Waals surface area contributed by atoms with Crippen LogP contribution in [0.5, 0.6) is 0 Å². The fourth-order valence-electron chi connectivity index (χ4n) is 3.10. The van der Waals surface area contributed by atoms with Crippen molar-refractivity contribution in [2.24, 2.45) is 0 Å². The molecule has 0 bridgehead atoms. The zero-order valence-corrected chi connectivity index (χ0v) is 16.6. The third kappa shape index (κ3) is 4.75. The van der Waals surface area contributed by atoms with Gasteiger partial charge in [0.05, 0.1) is 24.6 Å². The zero-order valence-electron chi connectivity index (χ0n) is 15.7. The van der Waals surface area contributed by atoms with Gasteiger partial charge in [-0.2, -0.15) is 5.10 Å². The number of hydrogen-bond donors (Lipinski definition) is 1. The molecule has 5 nitrogen and oxygen atoms in total. The molecule has 0 spiro atoms. The summed E-state index contributed by atoms with van der Waals surface area (Å²) in [7, 11) is -3.33. The number of rotatable bonds is 9. The van der Waals surface area contributed by atoms with Crippen molar-refractivity contribution in [2.75, 3.05) is 13.2 Å². The van der Waals surface area contributed by atoms with Gasteiger partial charge < -0.3 is 9.05 Å². The van der Waals surface area contributed by atoms with Crippen molar-refractivity contribution in [3.63, 3.8) is 0 Å². The number of nitrogens with one attached hydrogen (secondary N) is 1. The van der Waals surface area contributed by atoms with Gasteiger partial charge in [0, 0.05) is 17.7 Å². The maximum absolute atomic E-state index is 13.5. The first-order valence-corrected chi connectivity index (χ1v) is 10.8. The van der Waals surface area contributed by atoms with Crippen LogP contribution in [0.1, 0.15) is 30.8 Å². The Labute approximate surface area is 160 Å². The zero-order chi connectivity index (χ0) is 19.1. The van der Waals surface area contributed by atoms with Gasteiger partial charge in [-0.3, -0.25) is 9.66 Å². The molecule has 0 amide bonds. The predicted molar refractivity (Wildman–Crippen MR) is 108 cm³/mol. The Morgan fingerprint density at radius 1 is 0.963 bits per heavy atom. The molecule has 2 aromatic carbocycles. The van der Waals surface area contributed by atoms with Crippen molar-refractivity contribution >= 4 is 7.60 Å². The van der Waals surface area contributed by atoms with E-state index >= 15 is 0 Å². The molecule has 3 aromatic rings. The summed E-state index contributed by atoms with van der Waals surface area (Å²) >= 11 is 0. The van der Waals surface area contributed by atoms with Gasteiger partial charge in [0.2, 0.25) is 0 Å². The van der Waals surface area contributed by atoms with Gasteiger partial charge in [-0.15, -0.1) is 0 Å². The van der Waals surface area contributed by atoms with Crippen molar-refractivity contribution in [3.8, 4) is 11.3 Å². The van der Waals surface area contributed by atoms with Crippen LogP contribution >= 0.6 is 7.60 Å². The van der Waals surface area contributed by atoms with Crippen LogP contribution < -0.4 is 0 Å². The van der Waals surface area contributed by atoms with Gasteiger partial charge in [-0.1, -0.05) is 60.7 Å². The van der Waals surface area contributed by atoms with Gasteiger partial charge in [0.15, 0.2) is 0 Å². The SMILES string of the molecule is CCOP(=O)(OCC)C(Cc1cc(-c2ccccc2)n[nH]1)c1ccccc1. The molecule has 1 unspecified atom stereocenters. The first kappa shape index (κ1) is 19.6. The number of nitrogens with zero attached hydrogens (tertiary/aromatic N) is 1. The Morgan fingerprint density at radius 3 is 2.15 bits per heavy atom. The molecular formula is C21H25N2O3P. The van der Waals surface area contributed by atoms with E-state index in [0.29, 0.717) is 19.6 Å². The van der Waals surface area contributed by atoms with Crippen LogP contribution in [0, 0.1) is 0 Å². The van der Waals surface area contributed by atoms with Crippen molar-refractivity contribution in [1.29, 1.82) is 0 Å². The highest BCUT2D eigenvalue weighted by molar-refractivity contribution is 7.54. The molecule has 0 aliphatic carbocycles. The molecule has 0 saturated heterocycles.